The molecule has 0 aliphatic heterocycles. The normalized spacial score (nSPS) is 10.5. The van der Waals surface area contributed by atoms with Gasteiger partial charge in [-0.05, 0) is 61.0 Å². The number of aromatic nitrogens is 2. The Morgan fingerprint density at radius 3 is 2.39 bits per heavy atom. The molecular formula is C24H27N3O4. The molecule has 2 aromatic carbocycles. The number of benzene rings is 2. The SMILES string of the molecule is CCCCOc1ccc(C(=O)NCCn2nc(-c3ccc(OC)cc3)ccc2=O)cc1. The van der Waals surface area contributed by atoms with E-state index in [-0.39, 0.29) is 24.6 Å². The van der Waals surface area contributed by atoms with Crippen LogP contribution in [0.5, 0.6) is 11.5 Å². The van der Waals surface area contributed by atoms with Gasteiger partial charge in [-0.1, -0.05) is 13.3 Å². The Labute approximate surface area is 181 Å². The average molecular weight is 421 g/mol. The summed E-state index contributed by atoms with van der Waals surface area (Å²) in [7, 11) is 1.61. The van der Waals surface area contributed by atoms with Crippen molar-refractivity contribution in [3.05, 3.63) is 76.6 Å². The van der Waals surface area contributed by atoms with Crippen molar-refractivity contribution in [2.24, 2.45) is 0 Å². The van der Waals surface area contributed by atoms with Gasteiger partial charge in [-0.2, -0.15) is 5.10 Å². The summed E-state index contributed by atoms with van der Waals surface area (Å²) in [5, 5.41) is 7.23. The average Bonchev–Trinajstić information content (AvgIpc) is 2.81. The molecule has 0 aliphatic carbocycles. The zero-order valence-electron chi connectivity index (χ0n) is 17.8. The number of amides is 1. The summed E-state index contributed by atoms with van der Waals surface area (Å²) in [5.41, 5.74) is 1.86. The van der Waals surface area contributed by atoms with Crippen molar-refractivity contribution in [1.82, 2.24) is 15.1 Å². The maximum atomic E-state index is 12.4. The van der Waals surface area contributed by atoms with Crippen LogP contribution in [0.15, 0.2) is 65.5 Å². The van der Waals surface area contributed by atoms with Gasteiger partial charge in [0.25, 0.3) is 11.5 Å². The standard InChI is InChI=1S/C24H27N3O4/c1-3-4-17-31-21-11-7-19(8-12-21)24(29)25-15-16-27-23(28)14-13-22(26-27)18-5-9-20(30-2)10-6-18/h5-14H,3-4,15-17H2,1-2H3,(H,25,29). The van der Waals surface area contributed by atoms with Gasteiger partial charge in [-0.15, -0.1) is 0 Å². The van der Waals surface area contributed by atoms with E-state index in [1.54, 1.807) is 37.4 Å². The smallest absolute Gasteiger partial charge is 0.266 e. The minimum absolute atomic E-state index is 0.209. The fourth-order valence-corrected chi connectivity index (χ4v) is 2.94. The molecule has 0 atom stereocenters. The largest absolute Gasteiger partial charge is 0.497 e. The number of rotatable bonds is 10. The van der Waals surface area contributed by atoms with Crippen LogP contribution in [-0.4, -0.2) is 35.9 Å². The molecule has 0 radical (unpaired) electrons. The van der Waals surface area contributed by atoms with Gasteiger partial charge in [0.2, 0.25) is 0 Å². The second-order valence-electron chi connectivity index (χ2n) is 6.99. The van der Waals surface area contributed by atoms with Gasteiger partial charge < -0.3 is 14.8 Å². The van der Waals surface area contributed by atoms with Crippen molar-refractivity contribution in [3.8, 4) is 22.8 Å². The number of carbonyl (C=O) groups excluding carboxylic acids is 1. The minimum Gasteiger partial charge on any atom is -0.497 e. The van der Waals surface area contributed by atoms with Crippen LogP contribution in [0.1, 0.15) is 30.1 Å². The first-order valence-corrected chi connectivity index (χ1v) is 10.3. The molecule has 31 heavy (non-hydrogen) atoms. The first-order valence-electron chi connectivity index (χ1n) is 10.3. The maximum absolute atomic E-state index is 12.4. The van der Waals surface area contributed by atoms with Crippen molar-refractivity contribution in [2.75, 3.05) is 20.3 Å². The van der Waals surface area contributed by atoms with Gasteiger partial charge in [-0.3, -0.25) is 9.59 Å². The molecule has 0 unspecified atom stereocenters. The zero-order valence-corrected chi connectivity index (χ0v) is 17.8. The van der Waals surface area contributed by atoms with Crippen LogP contribution in [0.2, 0.25) is 0 Å². The Balaban J connectivity index is 1.57. The highest BCUT2D eigenvalue weighted by Gasteiger charge is 2.07. The lowest BCUT2D eigenvalue weighted by Gasteiger charge is -2.10. The van der Waals surface area contributed by atoms with Crippen molar-refractivity contribution >= 4 is 5.91 Å². The zero-order chi connectivity index (χ0) is 22.1. The molecule has 1 aromatic heterocycles. The molecule has 0 aliphatic rings. The van der Waals surface area contributed by atoms with E-state index < -0.39 is 0 Å². The van der Waals surface area contributed by atoms with E-state index in [1.807, 2.05) is 24.3 Å². The van der Waals surface area contributed by atoms with Crippen molar-refractivity contribution in [3.63, 3.8) is 0 Å². The molecular weight excluding hydrogens is 394 g/mol. The Hall–Kier alpha value is -3.61. The Kier molecular flexibility index (Phi) is 7.81. The lowest BCUT2D eigenvalue weighted by Crippen LogP contribution is -2.31. The first kappa shape index (κ1) is 22.1. The molecule has 1 amide bonds. The van der Waals surface area contributed by atoms with Crippen LogP contribution < -0.4 is 20.3 Å². The van der Waals surface area contributed by atoms with Gasteiger partial charge in [0.05, 0.1) is 26.0 Å². The van der Waals surface area contributed by atoms with Crippen LogP contribution in [0, 0.1) is 0 Å². The number of nitrogens with zero attached hydrogens (tertiary/aromatic N) is 2. The van der Waals surface area contributed by atoms with E-state index >= 15 is 0 Å². The van der Waals surface area contributed by atoms with E-state index in [9.17, 15) is 9.59 Å². The highest BCUT2D eigenvalue weighted by atomic mass is 16.5. The number of nitrogens with one attached hydrogen (secondary N) is 1. The van der Waals surface area contributed by atoms with Gasteiger partial charge in [-0.25, -0.2) is 4.68 Å². The summed E-state index contributed by atoms with van der Waals surface area (Å²) in [6, 6.07) is 17.6. The van der Waals surface area contributed by atoms with Gasteiger partial charge >= 0.3 is 0 Å². The summed E-state index contributed by atoms with van der Waals surface area (Å²) < 4.78 is 12.1. The molecule has 0 bridgehead atoms. The number of ether oxygens (including phenoxy) is 2. The summed E-state index contributed by atoms with van der Waals surface area (Å²) >= 11 is 0. The summed E-state index contributed by atoms with van der Waals surface area (Å²) in [6.45, 7) is 3.33. The molecule has 3 rings (SSSR count). The molecule has 1 N–H and O–H groups in total. The van der Waals surface area contributed by atoms with Crippen molar-refractivity contribution < 1.29 is 14.3 Å². The molecule has 0 fully saturated rings. The number of hydrogen-bond donors (Lipinski definition) is 1. The maximum Gasteiger partial charge on any atom is 0.266 e. The van der Waals surface area contributed by atoms with E-state index in [4.69, 9.17) is 9.47 Å². The molecule has 1 heterocycles. The predicted molar refractivity (Wildman–Crippen MR) is 120 cm³/mol. The first-order chi connectivity index (χ1) is 15.1. The minimum atomic E-state index is -0.222. The molecule has 0 spiro atoms. The molecule has 0 saturated heterocycles. The van der Waals surface area contributed by atoms with Crippen LogP contribution in [0.3, 0.4) is 0 Å². The van der Waals surface area contributed by atoms with Crippen molar-refractivity contribution in [2.45, 2.75) is 26.3 Å². The third-order valence-electron chi connectivity index (χ3n) is 4.74. The second-order valence-corrected chi connectivity index (χ2v) is 6.99. The van der Waals surface area contributed by atoms with E-state index in [0.717, 1.165) is 29.9 Å². The van der Waals surface area contributed by atoms with Crippen LogP contribution in [0.25, 0.3) is 11.3 Å². The molecule has 162 valence electrons. The fraction of sp³-hybridized carbons (Fsp3) is 0.292. The topological polar surface area (TPSA) is 82.4 Å². The Morgan fingerprint density at radius 2 is 1.71 bits per heavy atom. The van der Waals surface area contributed by atoms with Gasteiger partial charge in [0, 0.05) is 23.7 Å². The number of hydrogen-bond acceptors (Lipinski definition) is 5. The van der Waals surface area contributed by atoms with E-state index in [1.165, 1.54) is 10.7 Å². The van der Waals surface area contributed by atoms with Crippen LogP contribution in [-0.2, 0) is 6.54 Å². The quantitative estimate of drug-likeness (QED) is 0.507. The van der Waals surface area contributed by atoms with E-state index in [2.05, 4.69) is 17.3 Å². The Bertz CT molecular complexity index is 1040. The highest BCUT2D eigenvalue weighted by Crippen LogP contribution is 2.19. The number of carbonyl (C=O) groups is 1. The third-order valence-corrected chi connectivity index (χ3v) is 4.74. The molecule has 3 aromatic rings. The van der Waals surface area contributed by atoms with Crippen LogP contribution in [0.4, 0.5) is 0 Å². The summed E-state index contributed by atoms with van der Waals surface area (Å²) in [5.74, 6) is 1.29. The predicted octanol–water partition coefficient (Wildman–Crippen LogP) is 3.53. The third kappa shape index (κ3) is 6.18. The van der Waals surface area contributed by atoms with Crippen LogP contribution >= 0.6 is 0 Å². The lowest BCUT2D eigenvalue weighted by molar-refractivity contribution is 0.0951. The van der Waals surface area contributed by atoms with E-state index in [0.29, 0.717) is 17.9 Å². The lowest BCUT2D eigenvalue weighted by atomic mass is 10.1. The van der Waals surface area contributed by atoms with Gasteiger partial charge in [0.15, 0.2) is 0 Å². The van der Waals surface area contributed by atoms with Gasteiger partial charge in [0.1, 0.15) is 11.5 Å². The Morgan fingerprint density at radius 1 is 1.00 bits per heavy atom. The van der Waals surface area contributed by atoms with Crippen molar-refractivity contribution in [1.29, 1.82) is 0 Å². The molecule has 7 nitrogen and oxygen atoms in total. The second kappa shape index (κ2) is 11.0. The molecule has 7 heteroatoms. The number of methoxy groups -OCH3 is 1. The summed E-state index contributed by atoms with van der Waals surface area (Å²) in [4.78, 5) is 24.5. The highest BCUT2D eigenvalue weighted by molar-refractivity contribution is 5.94. The molecule has 0 saturated carbocycles. The number of unbranched alkanes of at least 4 members (excludes halogenated alkanes) is 1. The fourth-order valence-electron chi connectivity index (χ4n) is 2.94. The monoisotopic (exact) mass is 421 g/mol. The summed E-state index contributed by atoms with van der Waals surface area (Å²) in [6.07, 6.45) is 2.07.